The van der Waals surface area contributed by atoms with Crippen molar-refractivity contribution in [3.8, 4) is 27.9 Å². The maximum absolute atomic E-state index is 5.18. The summed E-state index contributed by atoms with van der Waals surface area (Å²) in [5.74, 6) is 1.08. The molecule has 7 aromatic rings. The quantitative estimate of drug-likeness (QED) is 0.191. The molecule has 1 heterocycles. The van der Waals surface area contributed by atoms with Crippen molar-refractivity contribution in [3.63, 3.8) is 0 Å². The lowest BCUT2D eigenvalue weighted by Crippen LogP contribution is -2.04. The van der Waals surface area contributed by atoms with E-state index < -0.39 is 0 Å². The third-order valence-electron chi connectivity index (χ3n) is 9.50. The summed E-state index contributed by atoms with van der Waals surface area (Å²) in [6.45, 7) is 0. The molecule has 0 unspecified atom stereocenters. The lowest BCUT2D eigenvalue weighted by molar-refractivity contribution is 0.936. The Kier molecular flexibility index (Phi) is 6.12. The molecule has 9 rings (SSSR count). The van der Waals surface area contributed by atoms with Crippen LogP contribution in [0.3, 0.4) is 0 Å². The normalized spacial score (nSPS) is 14.3. The third-order valence-corrected chi connectivity index (χ3v) is 9.50. The molecule has 2 nitrogen and oxygen atoms in total. The van der Waals surface area contributed by atoms with Gasteiger partial charge in [0.05, 0.1) is 11.4 Å². The van der Waals surface area contributed by atoms with Crippen molar-refractivity contribution < 1.29 is 0 Å². The first kappa shape index (κ1) is 26.0. The van der Waals surface area contributed by atoms with Crippen LogP contribution in [-0.4, -0.2) is 9.55 Å². The summed E-state index contributed by atoms with van der Waals surface area (Å²) in [5.41, 5.74) is 9.94. The minimum atomic E-state index is 0.995. The average molecular weight is 577 g/mol. The number of aromatic nitrogens is 2. The summed E-state index contributed by atoms with van der Waals surface area (Å²) < 4.78 is 2.37. The largest absolute Gasteiger partial charge is 0.293 e. The predicted octanol–water partition coefficient (Wildman–Crippen LogP) is 11.4. The van der Waals surface area contributed by atoms with E-state index in [0.717, 1.165) is 37.2 Å². The van der Waals surface area contributed by atoms with Crippen LogP contribution in [-0.2, 0) is 6.42 Å². The Morgan fingerprint density at radius 2 is 1.18 bits per heavy atom. The molecule has 0 atom stereocenters. The molecule has 0 aliphatic heterocycles. The molecular formula is C43H32N2. The van der Waals surface area contributed by atoms with Gasteiger partial charge in [0.15, 0.2) is 0 Å². The standard InChI is InChI=1S/C43H32N2/c1-2-13-31(14-3-1)43-44-39-20-10-11-21-40(39)45(43)34-26-24-30(25-27-34)41-35-16-6-8-18-37(35)42(38-19-9-7-17-36(38)41)33-23-22-29-12-4-5-15-32(29)28-33/h1-2,4-9,11-13,15-19,21-28H,3,10,14,20H2. The number of aryl methyl sites for hydroxylation is 1. The van der Waals surface area contributed by atoms with Crippen LogP contribution >= 0.6 is 0 Å². The Morgan fingerprint density at radius 1 is 0.556 bits per heavy atom. The summed E-state index contributed by atoms with van der Waals surface area (Å²) in [6.07, 6.45) is 15.3. The lowest BCUT2D eigenvalue weighted by atomic mass is 9.85. The van der Waals surface area contributed by atoms with Gasteiger partial charge >= 0.3 is 0 Å². The molecule has 0 spiro atoms. The topological polar surface area (TPSA) is 17.8 Å². The van der Waals surface area contributed by atoms with Gasteiger partial charge in [0.1, 0.15) is 5.82 Å². The number of hydrogen-bond acceptors (Lipinski definition) is 1. The monoisotopic (exact) mass is 576 g/mol. The summed E-state index contributed by atoms with van der Waals surface area (Å²) >= 11 is 0. The predicted molar refractivity (Wildman–Crippen MR) is 191 cm³/mol. The Bertz CT molecular complexity index is 2310. The molecule has 0 saturated heterocycles. The minimum absolute atomic E-state index is 0.995. The minimum Gasteiger partial charge on any atom is -0.293 e. The van der Waals surface area contributed by atoms with E-state index in [1.54, 1.807) is 0 Å². The van der Waals surface area contributed by atoms with Crippen molar-refractivity contribution in [1.82, 2.24) is 9.55 Å². The molecule has 0 bridgehead atoms. The Hall–Kier alpha value is -5.47. The second kappa shape index (κ2) is 10.6. The number of fused-ring (bicyclic) bond motifs is 4. The molecular weight excluding hydrogens is 544 g/mol. The highest BCUT2D eigenvalue weighted by Gasteiger charge is 2.22. The van der Waals surface area contributed by atoms with Crippen molar-refractivity contribution in [1.29, 1.82) is 0 Å². The van der Waals surface area contributed by atoms with Crippen molar-refractivity contribution in [3.05, 3.63) is 157 Å². The molecule has 0 radical (unpaired) electrons. The number of imidazole rings is 1. The van der Waals surface area contributed by atoms with Gasteiger partial charge in [-0.25, -0.2) is 4.98 Å². The first-order valence-electron chi connectivity index (χ1n) is 16.0. The van der Waals surface area contributed by atoms with Crippen LogP contribution in [0.5, 0.6) is 0 Å². The van der Waals surface area contributed by atoms with Crippen LogP contribution in [0, 0.1) is 0 Å². The maximum Gasteiger partial charge on any atom is 0.141 e. The number of hydrogen-bond donors (Lipinski definition) is 0. The number of rotatable bonds is 4. The molecule has 45 heavy (non-hydrogen) atoms. The molecule has 0 fully saturated rings. The molecule has 0 N–H and O–H groups in total. The summed E-state index contributed by atoms with van der Waals surface area (Å²) in [7, 11) is 0. The van der Waals surface area contributed by atoms with E-state index in [1.807, 2.05) is 0 Å². The van der Waals surface area contributed by atoms with Gasteiger partial charge < -0.3 is 0 Å². The van der Waals surface area contributed by atoms with Crippen LogP contribution in [0.15, 0.2) is 140 Å². The third kappa shape index (κ3) is 4.29. The molecule has 2 aliphatic carbocycles. The zero-order valence-corrected chi connectivity index (χ0v) is 25.1. The van der Waals surface area contributed by atoms with E-state index >= 15 is 0 Å². The van der Waals surface area contributed by atoms with Crippen LogP contribution in [0.2, 0.25) is 0 Å². The zero-order chi connectivity index (χ0) is 29.7. The van der Waals surface area contributed by atoms with Crippen LogP contribution < -0.4 is 0 Å². The number of allylic oxidation sites excluding steroid dienone is 5. The fourth-order valence-corrected chi connectivity index (χ4v) is 7.39. The number of benzene rings is 6. The van der Waals surface area contributed by atoms with Gasteiger partial charge in [0, 0.05) is 5.69 Å². The van der Waals surface area contributed by atoms with Gasteiger partial charge in [-0.05, 0) is 110 Å². The first-order chi connectivity index (χ1) is 22.3. The van der Waals surface area contributed by atoms with E-state index in [4.69, 9.17) is 4.98 Å². The highest BCUT2D eigenvalue weighted by molar-refractivity contribution is 6.21. The zero-order valence-electron chi connectivity index (χ0n) is 25.1. The van der Waals surface area contributed by atoms with Gasteiger partial charge in [0.2, 0.25) is 0 Å². The Labute approximate surface area is 263 Å². The highest BCUT2D eigenvalue weighted by atomic mass is 15.1. The second-order valence-corrected chi connectivity index (χ2v) is 12.2. The van der Waals surface area contributed by atoms with E-state index in [9.17, 15) is 0 Å². The fourth-order valence-electron chi connectivity index (χ4n) is 7.39. The molecule has 6 aromatic carbocycles. The lowest BCUT2D eigenvalue weighted by Gasteiger charge is -2.19. The Balaban J connectivity index is 1.24. The molecule has 0 amide bonds. The van der Waals surface area contributed by atoms with E-state index in [1.165, 1.54) is 71.5 Å². The Morgan fingerprint density at radius 3 is 1.87 bits per heavy atom. The van der Waals surface area contributed by atoms with E-state index in [0.29, 0.717) is 0 Å². The second-order valence-electron chi connectivity index (χ2n) is 12.2. The first-order valence-corrected chi connectivity index (χ1v) is 16.0. The van der Waals surface area contributed by atoms with Gasteiger partial charge in [-0.15, -0.1) is 0 Å². The molecule has 2 aliphatic rings. The van der Waals surface area contributed by atoms with Crippen molar-refractivity contribution >= 4 is 44.0 Å². The van der Waals surface area contributed by atoms with E-state index in [-0.39, 0.29) is 0 Å². The molecule has 1 aromatic heterocycles. The summed E-state index contributed by atoms with van der Waals surface area (Å²) in [5, 5.41) is 7.63. The van der Waals surface area contributed by atoms with Crippen molar-refractivity contribution in [2.75, 3.05) is 0 Å². The van der Waals surface area contributed by atoms with Crippen LogP contribution in [0.1, 0.15) is 36.5 Å². The van der Waals surface area contributed by atoms with Gasteiger partial charge in [0.25, 0.3) is 0 Å². The van der Waals surface area contributed by atoms with Gasteiger partial charge in [-0.3, -0.25) is 4.57 Å². The average Bonchev–Trinajstić information content (AvgIpc) is 3.51. The van der Waals surface area contributed by atoms with Gasteiger partial charge in [-0.1, -0.05) is 121 Å². The van der Waals surface area contributed by atoms with Crippen molar-refractivity contribution in [2.24, 2.45) is 0 Å². The van der Waals surface area contributed by atoms with Gasteiger partial charge in [-0.2, -0.15) is 0 Å². The molecule has 214 valence electrons. The summed E-state index contributed by atoms with van der Waals surface area (Å²) in [4.78, 5) is 5.18. The maximum atomic E-state index is 5.18. The SMILES string of the molecule is C1=CCCC(c2nc3c(n2-c2ccc(-c4c5ccccc5c(-c5ccc6ccccc6c5)c5ccccc45)cc2)C=CCC3)=C1. The van der Waals surface area contributed by atoms with Crippen LogP contribution in [0.4, 0.5) is 0 Å². The highest BCUT2D eigenvalue weighted by Crippen LogP contribution is 2.44. The molecule has 2 heteroatoms. The van der Waals surface area contributed by atoms with E-state index in [2.05, 4.69) is 150 Å². The van der Waals surface area contributed by atoms with Crippen LogP contribution in [0.25, 0.3) is 71.9 Å². The molecule has 0 saturated carbocycles. The number of nitrogens with zero attached hydrogens (tertiary/aromatic N) is 2. The fraction of sp³-hybridized carbons (Fsp3) is 0.0930. The smallest absolute Gasteiger partial charge is 0.141 e. The summed E-state index contributed by atoms with van der Waals surface area (Å²) in [6, 6.07) is 42.5. The van der Waals surface area contributed by atoms with Crippen molar-refractivity contribution in [2.45, 2.75) is 25.7 Å².